The molecule has 6 heteroatoms. The van der Waals surface area contributed by atoms with Crippen LogP contribution in [0.5, 0.6) is 0 Å². The van der Waals surface area contributed by atoms with E-state index in [2.05, 4.69) is 24.5 Å². The number of benzene rings is 1. The zero-order chi connectivity index (χ0) is 16.9. The van der Waals surface area contributed by atoms with Crippen molar-refractivity contribution in [3.05, 3.63) is 28.3 Å². The molecule has 0 atom stereocenters. The van der Waals surface area contributed by atoms with Gasteiger partial charge in [0.1, 0.15) is 5.69 Å². The normalized spacial score (nSPS) is 11.4. The lowest BCUT2D eigenvalue weighted by Crippen LogP contribution is -2.27. The molecule has 2 N–H and O–H groups in total. The molecule has 0 saturated carbocycles. The molecule has 0 fully saturated rings. The molecule has 0 heterocycles. The van der Waals surface area contributed by atoms with Crippen molar-refractivity contribution in [2.75, 3.05) is 17.2 Å². The third-order valence-electron chi connectivity index (χ3n) is 3.17. The van der Waals surface area contributed by atoms with E-state index in [0.29, 0.717) is 23.8 Å². The number of nitrogens with one attached hydrogen (secondary N) is 2. The van der Waals surface area contributed by atoms with Crippen LogP contribution >= 0.6 is 0 Å². The highest BCUT2D eigenvalue weighted by Crippen LogP contribution is 2.29. The Labute approximate surface area is 131 Å². The maximum Gasteiger partial charge on any atom is 0.294 e. The first-order valence-corrected chi connectivity index (χ1v) is 7.45. The Morgan fingerprint density at radius 3 is 2.45 bits per heavy atom. The molecule has 1 amide bonds. The Bertz CT molecular complexity index is 548. The number of nitrogens with zero attached hydrogens (tertiary/aromatic N) is 1. The van der Waals surface area contributed by atoms with Crippen molar-refractivity contribution in [1.29, 1.82) is 0 Å². The van der Waals surface area contributed by atoms with Crippen molar-refractivity contribution in [2.24, 2.45) is 11.3 Å². The van der Waals surface area contributed by atoms with E-state index in [0.717, 1.165) is 6.42 Å². The molecule has 122 valence electrons. The summed E-state index contributed by atoms with van der Waals surface area (Å²) in [4.78, 5) is 22.7. The average molecular weight is 307 g/mol. The molecule has 1 aromatic rings. The number of hydrogen-bond donors (Lipinski definition) is 2. The number of hydrogen-bond acceptors (Lipinski definition) is 4. The molecule has 22 heavy (non-hydrogen) atoms. The molecule has 0 aliphatic heterocycles. The molecule has 0 saturated heterocycles. The van der Waals surface area contributed by atoms with Gasteiger partial charge in [-0.15, -0.1) is 0 Å². The lowest BCUT2D eigenvalue weighted by molar-refractivity contribution is -0.383. The maximum absolute atomic E-state index is 12.0. The summed E-state index contributed by atoms with van der Waals surface area (Å²) in [7, 11) is 0. The topological polar surface area (TPSA) is 84.3 Å². The van der Waals surface area contributed by atoms with Gasteiger partial charge in [-0.2, -0.15) is 0 Å². The molecule has 0 radical (unpaired) electrons. The first-order chi connectivity index (χ1) is 10.1. The van der Waals surface area contributed by atoms with Crippen molar-refractivity contribution in [3.63, 3.8) is 0 Å². The van der Waals surface area contributed by atoms with Crippen LogP contribution in [0.4, 0.5) is 17.1 Å². The number of rotatable bonds is 6. The van der Waals surface area contributed by atoms with Crippen LogP contribution in [0.15, 0.2) is 18.2 Å². The predicted octanol–water partition coefficient (Wildman–Crippen LogP) is 4.04. The van der Waals surface area contributed by atoms with Gasteiger partial charge in [0.2, 0.25) is 5.91 Å². The molecule has 0 aromatic heterocycles. The molecule has 1 rings (SSSR count). The number of amides is 1. The number of carbonyl (C=O) groups is 1. The van der Waals surface area contributed by atoms with Gasteiger partial charge in [-0.05, 0) is 24.5 Å². The van der Waals surface area contributed by atoms with Crippen LogP contribution in [0.25, 0.3) is 0 Å². The lowest BCUT2D eigenvalue weighted by Gasteiger charge is -2.18. The first-order valence-electron chi connectivity index (χ1n) is 7.45. The second-order valence-corrected chi connectivity index (χ2v) is 6.80. The van der Waals surface area contributed by atoms with Gasteiger partial charge in [0.25, 0.3) is 5.69 Å². The van der Waals surface area contributed by atoms with Crippen molar-refractivity contribution in [2.45, 2.75) is 41.0 Å². The highest BCUT2D eigenvalue weighted by Gasteiger charge is 2.22. The molecule has 0 aliphatic carbocycles. The zero-order valence-electron chi connectivity index (χ0n) is 13.9. The van der Waals surface area contributed by atoms with Gasteiger partial charge in [-0.3, -0.25) is 14.9 Å². The smallest absolute Gasteiger partial charge is 0.294 e. The largest absolute Gasteiger partial charge is 0.379 e. The summed E-state index contributed by atoms with van der Waals surface area (Å²) in [6, 6.07) is 4.70. The van der Waals surface area contributed by atoms with Gasteiger partial charge in [-0.1, -0.05) is 34.6 Å². The van der Waals surface area contributed by atoms with Crippen molar-refractivity contribution >= 4 is 23.0 Å². The Hall–Kier alpha value is -2.11. The second kappa shape index (κ2) is 7.24. The molecule has 0 unspecified atom stereocenters. The van der Waals surface area contributed by atoms with Crippen LogP contribution in [-0.2, 0) is 4.79 Å². The molecule has 0 aliphatic rings. The summed E-state index contributed by atoms with van der Waals surface area (Å²) in [5.41, 5.74) is 0.319. The SMILES string of the molecule is CC(C)CCNc1ccc(NC(=O)C(C)(C)C)cc1[N+](=O)[O-]. The van der Waals surface area contributed by atoms with Crippen LogP contribution in [0.1, 0.15) is 41.0 Å². The lowest BCUT2D eigenvalue weighted by atomic mass is 9.95. The maximum atomic E-state index is 12.0. The molecule has 1 aromatic carbocycles. The zero-order valence-corrected chi connectivity index (χ0v) is 13.9. The minimum Gasteiger partial charge on any atom is -0.379 e. The molecular formula is C16H25N3O3. The van der Waals surface area contributed by atoms with Crippen LogP contribution in [0, 0.1) is 21.4 Å². The Balaban J connectivity index is 2.90. The van der Waals surface area contributed by atoms with Crippen molar-refractivity contribution < 1.29 is 9.72 Å². The third kappa shape index (κ3) is 5.35. The van der Waals surface area contributed by atoms with E-state index in [9.17, 15) is 14.9 Å². The number of nitro groups is 1. The summed E-state index contributed by atoms with van der Waals surface area (Å²) in [6.07, 6.45) is 0.930. The van der Waals surface area contributed by atoms with Gasteiger partial charge >= 0.3 is 0 Å². The highest BCUT2D eigenvalue weighted by atomic mass is 16.6. The minimum atomic E-state index is -0.553. The summed E-state index contributed by atoms with van der Waals surface area (Å²) in [5.74, 6) is 0.346. The predicted molar refractivity (Wildman–Crippen MR) is 89.1 cm³/mol. The van der Waals surface area contributed by atoms with Gasteiger partial charge in [0.15, 0.2) is 0 Å². The summed E-state index contributed by atoms with van der Waals surface area (Å²) < 4.78 is 0. The van der Waals surface area contributed by atoms with Crippen LogP contribution < -0.4 is 10.6 Å². The molecule has 0 bridgehead atoms. The van der Waals surface area contributed by atoms with Gasteiger partial charge in [-0.25, -0.2) is 0 Å². The summed E-state index contributed by atoms with van der Waals surface area (Å²) in [6.45, 7) is 10.2. The average Bonchev–Trinajstić information content (AvgIpc) is 2.38. The van der Waals surface area contributed by atoms with Gasteiger partial charge in [0, 0.05) is 23.7 Å². The van der Waals surface area contributed by atoms with E-state index in [1.165, 1.54) is 6.07 Å². The Morgan fingerprint density at radius 1 is 1.32 bits per heavy atom. The van der Waals surface area contributed by atoms with Gasteiger partial charge in [0.05, 0.1) is 4.92 Å². The third-order valence-corrected chi connectivity index (χ3v) is 3.17. The number of anilines is 2. The number of nitro benzene ring substituents is 1. The van der Waals surface area contributed by atoms with E-state index in [1.807, 2.05) is 0 Å². The summed E-state index contributed by atoms with van der Waals surface area (Å²) in [5, 5.41) is 17.0. The van der Waals surface area contributed by atoms with Crippen LogP contribution in [-0.4, -0.2) is 17.4 Å². The van der Waals surface area contributed by atoms with Crippen molar-refractivity contribution in [3.8, 4) is 0 Å². The van der Waals surface area contributed by atoms with Crippen LogP contribution in [0.3, 0.4) is 0 Å². The van der Waals surface area contributed by atoms with E-state index < -0.39 is 10.3 Å². The quantitative estimate of drug-likeness (QED) is 0.613. The monoisotopic (exact) mass is 307 g/mol. The summed E-state index contributed by atoms with van der Waals surface area (Å²) >= 11 is 0. The Kier molecular flexibility index (Phi) is 5.91. The first kappa shape index (κ1) is 17.9. The van der Waals surface area contributed by atoms with E-state index in [4.69, 9.17) is 0 Å². The van der Waals surface area contributed by atoms with E-state index in [1.54, 1.807) is 32.9 Å². The standard InChI is InChI=1S/C16H25N3O3/c1-11(2)8-9-17-13-7-6-12(10-14(13)19(21)22)18-15(20)16(3,4)5/h6-7,10-11,17H,8-9H2,1-5H3,(H,18,20). The molecular weight excluding hydrogens is 282 g/mol. The van der Waals surface area contributed by atoms with E-state index >= 15 is 0 Å². The van der Waals surface area contributed by atoms with Crippen molar-refractivity contribution in [1.82, 2.24) is 0 Å². The molecule has 6 nitrogen and oxygen atoms in total. The Morgan fingerprint density at radius 2 is 1.95 bits per heavy atom. The fourth-order valence-electron chi connectivity index (χ4n) is 1.72. The molecule has 0 spiro atoms. The fourth-order valence-corrected chi connectivity index (χ4v) is 1.72. The highest BCUT2D eigenvalue weighted by molar-refractivity contribution is 5.95. The van der Waals surface area contributed by atoms with Gasteiger partial charge < -0.3 is 10.6 Å². The van der Waals surface area contributed by atoms with Crippen LogP contribution in [0.2, 0.25) is 0 Å². The second-order valence-electron chi connectivity index (χ2n) is 6.80. The fraction of sp³-hybridized carbons (Fsp3) is 0.562. The number of carbonyl (C=O) groups excluding carboxylic acids is 1. The minimum absolute atomic E-state index is 0.0320. The van der Waals surface area contributed by atoms with E-state index in [-0.39, 0.29) is 11.6 Å².